The molecule has 3 heterocycles. The molecule has 7 aromatic rings. The van der Waals surface area contributed by atoms with Crippen LogP contribution in [0, 0.1) is 6.33 Å². The summed E-state index contributed by atoms with van der Waals surface area (Å²) < 4.78 is 15.9. The number of hydrogen-bond donors (Lipinski definition) is 0. The molecule has 6 nitrogen and oxygen atoms in total. The van der Waals surface area contributed by atoms with E-state index in [1.807, 2.05) is 102 Å². The van der Waals surface area contributed by atoms with Gasteiger partial charge in [-0.1, -0.05) is 75.4 Å². The van der Waals surface area contributed by atoms with Crippen molar-refractivity contribution in [3.63, 3.8) is 0 Å². The molecule has 0 unspecified atom stereocenters. The second kappa shape index (κ2) is 9.27. The molecule has 0 aliphatic heterocycles. The third kappa shape index (κ3) is 4.33. The minimum atomic E-state index is -0.0151. The van der Waals surface area contributed by atoms with E-state index in [1.165, 1.54) is 0 Å². The molecule has 0 saturated carbocycles. The lowest BCUT2D eigenvalue weighted by Crippen LogP contribution is -2.39. The number of fused-ring (bicyclic) bond motifs is 4. The van der Waals surface area contributed by atoms with Gasteiger partial charge in [0.05, 0.1) is 11.2 Å². The zero-order valence-corrected chi connectivity index (χ0v) is 22.5. The van der Waals surface area contributed by atoms with Crippen LogP contribution in [0.25, 0.3) is 38.7 Å². The number of pyridine rings is 1. The number of nitrogens with zero attached hydrogens (tertiary/aromatic N) is 3. The molecule has 0 fully saturated rings. The third-order valence-corrected chi connectivity index (χ3v) is 6.98. The van der Waals surface area contributed by atoms with Crippen molar-refractivity contribution in [1.82, 2.24) is 9.55 Å². The molecule has 0 N–H and O–H groups in total. The minimum Gasteiger partial charge on any atom is -0.458 e. The number of aromatic nitrogens is 3. The van der Waals surface area contributed by atoms with Gasteiger partial charge < -0.3 is 13.7 Å². The molecule has 0 bridgehead atoms. The van der Waals surface area contributed by atoms with E-state index in [0.717, 1.165) is 44.2 Å². The Hall–Kier alpha value is -5.10. The van der Waals surface area contributed by atoms with Gasteiger partial charge in [-0.2, -0.15) is 0 Å². The Morgan fingerprint density at radius 2 is 1.57 bits per heavy atom. The number of benzene rings is 4. The maximum absolute atomic E-state index is 6.27. The van der Waals surface area contributed by atoms with Crippen LogP contribution in [-0.2, 0) is 5.41 Å². The summed E-state index contributed by atoms with van der Waals surface area (Å²) in [6.07, 6.45) is 5.12. The summed E-state index contributed by atoms with van der Waals surface area (Å²) in [5.41, 5.74) is 5.48. The zero-order chi connectivity index (χ0) is 27.3. The normalized spacial score (nSPS) is 11.9. The van der Waals surface area contributed by atoms with Gasteiger partial charge in [0.15, 0.2) is 0 Å². The summed E-state index contributed by atoms with van der Waals surface area (Å²) in [5, 5.41) is 2.16. The summed E-state index contributed by atoms with van der Waals surface area (Å²) in [5.74, 6) is 1.91. The van der Waals surface area contributed by atoms with Gasteiger partial charge in [-0.15, -0.1) is 4.73 Å². The molecular weight excluding hydrogens is 498 g/mol. The molecule has 0 amide bonds. The molecule has 0 radical (unpaired) electrons. The van der Waals surface area contributed by atoms with Gasteiger partial charge in [0.1, 0.15) is 28.2 Å². The second-order valence-electron chi connectivity index (χ2n) is 10.8. The van der Waals surface area contributed by atoms with Gasteiger partial charge in [0, 0.05) is 29.1 Å². The number of rotatable bonds is 5. The van der Waals surface area contributed by atoms with Crippen LogP contribution in [0.5, 0.6) is 17.4 Å². The number of hydrogen-bond acceptors (Lipinski definition) is 4. The van der Waals surface area contributed by atoms with E-state index in [0.29, 0.717) is 17.4 Å². The SMILES string of the molecule is CC(C)(C)c1ccnc(O[n+]2[c-]n(-c3cccc(Oc4ccc5c(c4)oc4ccccc45)c3)c3ccccc32)c1. The molecule has 40 heavy (non-hydrogen) atoms. The first-order chi connectivity index (χ1) is 19.4. The van der Waals surface area contributed by atoms with Gasteiger partial charge in [0.25, 0.3) is 12.2 Å². The van der Waals surface area contributed by atoms with Crippen molar-refractivity contribution in [1.29, 1.82) is 0 Å². The molecule has 0 aliphatic carbocycles. The van der Waals surface area contributed by atoms with Gasteiger partial charge in [-0.25, -0.2) is 4.98 Å². The first-order valence-electron chi connectivity index (χ1n) is 13.2. The van der Waals surface area contributed by atoms with Crippen LogP contribution < -0.4 is 14.3 Å². The van der Waals surface area contributed by atoms with Crippen LogP contribution >= 0.6 is 0 Å². The minimum absolute atomic E-state index is 0.0151. The molecule has 7 rings (SSSR count). The summed E-state index contributed by atoms with van der Waals surface area (Å²) in [7, 11) is 0. The largest absolute Gasteiger partial charge is 0.458 e. The Kier molecular flexibility index (Phi) is 5.56. The first-order valence-corrected chi connectivity index (χ1v) is 13.2. The average molecular weight is 526 g/mol. The smallest absolute Gasteiger partial charge is 0.287 e. The molecule has 3 aromatic heterocycles. The second-order valence-corrected chi connectivity index (χ2v) is 10.8. The third-order valence-electron chi connectivity index (χ3n) is 6.98. The highest BCUT2D eigenvalue weighted by molar-refractivity contribution is 6.05. The van der Waals surface area contributed by atoms with Crippen molar-refractivity contribution in [2.45, 2.75) is 26.2 Å². The Morgan fingerprint density at radius 3 is 2.48 bits per heavy atom. The highest BCUT2D eigenvalue weighted by atomic mass is 16.7. The summed E-state index contributed by atoms with van der Waals surface area (Å²) in [6.45, 7) is 6.50. The fourth-order valence-corrected chi connectivity index (χ4v) is 4.90. The fourth-order valence-electron chi connectivity index (χ4n) is 4.90. The van der Waals surface area contributed by atoms with E-state index in [-0.39, 0.29) is 5.41 Å². The molecule has 0 saturated heterocycles. The molecule has 0 aliphatic rings. The molecule has 4 aromatic carbocycles. The predicted octanol–water partition coefficient (Wildman–Crippen LogP) is 7.94. The topological polar surface area (TPSA) is 53.3 Å². The summed E-state index contributed by atoms with van der Waals surface area (Å²) >= 11 is 0. The van der Waals surface area contributed by atoms with Crippen molar-refractivity contribution in [3.05, 3.63) is 121 Å². The maximum atomic E-state index is 6.27. The summed E-state index contributed by atoms with van der Waals surface area (Å²) in [6, 6.07) is 33.9. The quantitative estimate of drug-likeness (QED) is 0.169. The standard InChI is InChI=1S/C34H27N3O3/c1-34(2,3)23-17-18-35-33(19-23)40-37-22-36(29-12-5-6-13-30(29)37)24-9-8-10-25(20-24)38-26-15-16-28-27-11-4-7-14-31(27)39-32(28)21-26/h4-21H,1-3H3. The van der Waals surface area contributed by atoms with Crippen LogP contribution in [-0.4, -0.2) is 9.55 Å². The lowest BCUT2D eigenvalue weighted by Gasteiger charge is -2.18. The highest BCUT2D eigenvalue weighted by Crippen LogP contribution is 2.33. The van der Waals surface area contributed by atoms with Crippen LogP contribution in [0.3, 0.4) is 0 Å². The molecule has 6 heteroatoms. The number of ether oxygens (including phenoxy) is 1. The van der Waals surface area contributed by atoms with Gasteiger partial charge in [-0.3, -0.25) is 4.84 Å². The van der Waals surface area contributed by atoms with Crippen molar-refractivity contribution < 1.29 is 18.7 Å². The van der Waals surface area contributed by atoms with E-state index in [9.17, 15) is 0 Å². The van der Waals surface area contributed by atoms with E-state index in [1.54, 1.807) is 10.9 Å². The van der Waals surface area contributed by atoms with Crippen LogP contribution in [0.15, 0.2) is 114 Å². The molecule has 0 atom stereocenters. The van der Waals surface area contributed by atoms with Crippen molar-refractivity contribution in [3.8, 4) is 23.1 Å². The van der Waals surface area contributed by atoms with E-state index in [2.05, 4.69) is 38.1 Å². The van der Waals surface area contributed by atoms with E-state index in [4.69, 9.17) is 14.0 Å². The number of furan rings is 1. The van der Waals surface area contributed by atoms with Crippen LogP contribution in [0.4, 0.5) is 0 Å². The highest BCUT2D eigenvalue weighted by Gasteiger charge is 2.17. The predicted molar refractivity (Wildman–Crippen MR) is 155 cm³/mol. The monoisotopic (exact) mass is 525 g/mol. The Balaban J connectivity index is 1.22. The molecule has 0 spiro atoms. The lowest BCUT2D eigenvalue weighted by molar-refractivity contribution is -0.858. The Labute approximate surface area is 231 Å². The van der Waals surface area contributed by atoms with E-state index >= 15 is 0 Å². The van der Waals surface area contributed by atoms with Crippen LogP contribution in [0.1, 0.15) is 26.3 Å². The fraction of sp³-hybridized carbons (Fsp3) is 0.118. The number of imidazole rings is 1. The van der Waals surface area contributed by atoms with Gasteiger partial charge in [-0.05, 0) is 47.4 Å². The summed E-state index contributed by atoms with van der Waals surface area (Å²) in [4.78, 5) is 10.6. The van der Waals surface area contributed by atoms with Crippen molar-refractivity contribution in [2.75, 3.05) is 0 Å². The Morgan fingerprint density at radius 1 is 0.775 bits per heavy atom. The van der Waals surface area contributed by atoms with Gasteiger partial charge >= 0.3 is 0 Å². The number of para-hydroxylation sites is 3. The van der Waals surface area contributed by atoms with Crippen LogP contribution in [0.2, 0.25) is 0 Å². The van der Waals surface area contributed by atoms with E-state index < -0.39 is 0 Å². The maximum Gasteiger partial charge on any atom is 0.287 e. The molecule has 196 valence electrons. The molecular formula is C34H27N3O3. The first kappa shape index (κ1) is 24.0. The van der Waals surface area contributed by atoms with Crippen molar-refractivity contribution >= 4 is 33.0 Å². The average Bonchev–Trinajstić information content (AvgIpc) is 3.51. The zero-order valence-electron chi connectivity index (χ0n) is 22.5. The lowest BCUT2D eigenvalue weighted by atomic mass is 9.88. The van der Waals surface area contributed by atoms with Crippen molar-refractivity contribution in [2.24, 2.45) is 0 Å². The Bertz CT molecular complexity index is 2010. The van der Waals surface area contributed by atoms with Gasteiger partial charge in [0.2, 0.25) is 0 Å².